The van der Waals surface area contributed by atoms with Crippen molar-refractivity contribution in [1.82, 2.24) is 4.90 Å². The second-order valence-corrected chi connectivity index (χ2v) is 6.47. The van der Waals surface area contributed by atoms with E-state index in [1.165, 1.54) is 23.1 Å². The van der Waals surface area contributed by atoms with Crippen molar-refractivity contribution in [2.45, 2.75) is 39.4 Å². The Hall–Kier alpha value is -2.19. The zero-order valence-corrected chi connectivity index (χ0v) is 14.4. The fourth-order valence-corrected chi connectivity index (χ4v) is 2.11. The van der Waals surface area contributed by atoms with Crippen molar-refractivity contribution in [1.29, 1.82) is 0 Å². The van der Waals surface area contributed by atoms with Gasteiger partial charge in [-0.1, -0.05) is 0 Å². The normalized spacial score (nSPS) is 12.6. The number of aliphatic hydroxyl groups excluding tert-OH is 2. The van der Waals surface area contributed by atoms with Gasteiger partial charge in [0.25, 0.3) is 5.69 Å². The lowest BCUT2D eigenvalue weighted by molar-refractivity contribution is -0.385. The molecule has 0 aliphatic carbocycles. The van der Waals surface area contributed by atoms with Crippen LogP contribution in [0, 0.1) is 17.0 Å². The van der Waals surface area contributed by atoms with E-state index >= 15 is 0 Å². The van der Waals surface area contributed by atoms with Crippen LogP contribution in [0.15, 0.2) is 18.2 Å². The number of nitro benzene ring substituents is 1. The van der Waals surface area contributed by atoms with Crippen molar-refractivity contribution in [3.05, 3.63) is 39.4 Å². The van der Waals surface area contributed by atoms with Crippen LogP contribution in [0.2, 0.25) is 0 Å². The predicted molar refractivity (Wildman–Crippen MR) is 87.7 cm³/mol. The molecule has 0 aliphatic heterocycles. The van der Waals surface area contributed by atoms with Gasteiger partial charge in [-0.15, -0.1) is 0 Å². The number of carbonyl (C=O) groups is 1. The molecule has 134 valence electrons. The highest BCUT2D eigenvalue weighted by molar-refractivity contribution is 5.68. The van der Waals surface area contributed by atoms with E-state index in [4.69, 9.17) is 9.84 Å². The number of ether oxygens (including phenoxy) is 1. The summed E-state index contributed by atoms with van der Waals surface area (Å²) in [4.78, 5) is 23.7. The largest absolute Gasteiger partial charge is 0.444 e. The predicted octanol–water partition coefficient (Wildman–Crippen LogP) is 2.17. The van der Waals surface area contributed by atoms with E-state index in [-0.39, 0.29) is 25.4 Å². The Bertz CT molecular complexity index is 597. The standard InChI is InChI=1S/C16H24N2O6/c1-11-9-12(5-6-13(11)18(22)23)14(20)10-17(7-8-19)15(21)24-16(2,3)4/h5-6,9,14,19-20H,7-8,10H2,1-4H3. The topological polar surface area (TPSA) is 113 Å². The van der Waals surface area contributed by atoms with Crippen LogP contribution in [-0.4, -0.2) is 51.4 Å². The first kappa shape index (κ1) is 19.9. The summed E-state index contributed by atoms with van der Waals surface area (Å²) in [6, 6.07) is 4.27. The minimum atomic E-state index is -1.05. The summed E-state index contributed by atoms with van der Waals surface area (Å²) in [6.07, 6.45) is -1.70. The first-order valence-electron chi connectivity index (χ1n) is 7.57. The number of hydrogen-bond donors (Lipinski definition) is 2. The second kappa shape index (κ2) is 8.07. The number of aryl methyl sites for hydroxylation is 1. The van der Waals surface area contributed by atoms with Gasteiger partial charge in [0.1, 0.15) is 5.60 Å². The number of amides is 1. The molecule has 1 rings (SSSR count). The van der Waals surface area contributed by atoms with E-state index in [0.29, 0.717) is 11.1 Å². The highest BCUT2D eigenvalue weighted by atomic mass is 16.6. The lowest BCUT2D eigenvalue weighted by atomic mass is 10.0. The van der Waals surface area contributed by atoms with E-state index in [9.17, 15) is 20.0 Å². The van der Waals surface area contributed by atoms with E-state index in [2.05, 4.69) is 0 Å². The summed E-state index contributed by atoms with van der Waals surface area (Å²) in [5.74, 6) is 0. The summed E-state index contributed by atoms with van der Waals surface area (Å²) in [5, 5.41) is 30.3. The molecular weight excluding hydrogens is 316 g/mol. The van der Waals surface area contributed by atoms with Gasteiger partial charge in [-0.25, -0.2) is 4.79 Å². The van der Waals surface area contributed by atoms with Gasteiger partial charge in [0.2, 0.25) is 0 Å². The molecule has 0 heterocycles. The van der Waals surface area contributed by atoms with Crippen molar-refractivity contribution in [2.75, 3.05) is 19.7 Å². The van der Waals surface area contributed by atoms with Gasteiger partial charge in [0.15, 0.2) is 0 Å². The lowest BCUT2D eigenvalue weighted by Gasteiger charge is -2.28. The van der Waals surface area contributed by atoms with Gasteiger partial charge >= 0.3 is 6.09 Å². The van der Waals surface area contributed by atoms with Crippen LogP contribution in [0.3, 0.4) is 0 Å². The molecule has 1 aromatic rings. The molecule has 0 spiro atoms. The first-order chi connectivity index (χ1) is 11.0. The van der Waals surface area contributed by atoms with E-state index < -0.39 is 22.7 Å². The van der Waals surface area contributed by atoms with Gasteiger partial charge in [0.05, 0.1) is 24.2 Å². The van der Waals surface area contributed by atoms with Crippen LogP contribution < -0.4 is 0 Å². The van der Waals surface area contributed by atoms with Crippen molar-refractivity contribution in [3.8, 4) is 0 Å². The third-order valence-electron chi connectivity index (χ3n) is 3.22. The van der Waals surface area contributed by atoms with Crippen LogP contribution in [0.1, 0.15) is 38.0 Å². The van der Waals surface area contributed by atoms with Gasteiger partial charge in [-0.3, -0.25) is 10.1 Å². The molecule has 0 fully saturated rings. The number of nitrogens with zero attached hydrogens (tertiary/aromatic N) is 2. The zero-order chi connectivity index (χ0) is 18.5. The van der Waals surface area contributed by atoms with Crippen LogP contribution in [-0.2, 0) is 4.74 Å². The summed E-state index contributed by atoms with van der Waals surface area (Å²) >= 11 is 0. The lowest BCUT2D eigenvalue weighted by Crippen LogP contribution is -2.40. The summed E-state index contributed by atoms with van der Waals surface area (Å²) in [6.45, 7) is 6.39. The Morgan fingerprint density at radius 3 is 2.50 bits per heavy atom. The molecule has 1 unspecified atom stereocenters. The third-order valence-corrected chi connectivity index (χ3v) is 3.22. The van der Waals surface area contributed by atoms with Crippen LogP contribution in [0.25, 0.3) is 0 Å². The Morgan fingerprint density at radius 1 is 1.42 bits per heavy atom. The average molecular weight is 340 g/mol. The molecule has 0 radical (unpaired) electrons. The number of nitro groups is 1. The maximum Gasteiger partial charge on any atom is 0.410 e. The molecule has 0 saturated heterocycles. The van der Waals surface area contributed by atoms with Gasteiger partial charge in [0, 0.05) is 18.2 Å². The Kier molecular flexibility index (Phi) is 6.68. The van der Waals surface area contributed by atoms with Crippen LogP contribution >= 0.6 is 0 Å². The quantitative estimate of drug-likeness (QED) is 0.606. The molecule has 8 nitrogen and oxygen atoms in total. The van der Waals surface area contributed by atoms with Gasteiger partial charge in [-0.05, 0) is 45.4 Å². The fraction of sp³-hybridized carbons (Fsp3) is 0.562. The minimum absolute atomic E-state index is 0.0118. The maximum absolute atomic E-state index is 12.1. The van der Waals surface area contributed by atoms with E-state index in [0.717, 1.165) is 0 Å². The molecule has 8 heteroatoms. The van der Waals surface area contributed by atoms with Crippen molar-refractivity contribution >= 4 is 11.8 Å². The van der Waals surface area contributed by atoms with Gasteiger partial charge in [-0.2, -0.15) is 0 Å². The number of hydrogen-bond acceptors (Lipinski definition) is 6. The third kappa shape index (κ3) is 5.78. The first-order valence-corrected chi connectivity index (χ1v) is 7.57. The van der Waals surface area contributed by atoms with E-state index in [1.807, 2.05) is 0 Å². The molecule has 1 aromatic carbocycles. The Morgan fingerprint density at radius 2 is 2.04 bits per heavy atom. The highest BCUT2D eigenvalue weighted by Gasteiger charge is 2.24. The fourth-order valence-electron chi connectivity index (χ4n) is 2.11. The Labute approximate surface area is 140 Å². The Balaban J connectivity index is 2.88. The molecule has 0 aliphatic rings. The van der Waals surface area contributed by atoms with Crippen molar-refractivity contribution in [3.63, 3.8) is 0 Å². The monoisotopic (exact) mass is 340 g/mol. The number of carbonyl (C=O) groups excluding carboxylic acids is 1. The van der Waals surface area contributed by atoms with Crippen molar-refractivity contribution < 1.29 is 24.7 Å². The smallest absolute Gasteiger partial charge is 0.410 e. The maximum atomic E-state index is 12.1. The van der Waals surface area contributed by atoms with Crippen LogP contribution in [0.5, 0.6) is 0 Å². The molecule has 24 heavy (non-hydrogen) atoms. The molecule has 1 amide bonds. The number of rotatable bonds is 6. The molecule has 1 atom stereocenters. The second-order valence-electron chi connectivity index (χ2n) is 6.47. The molecule has 0 saturated carbocycles. The van der Waals surface area contributed by atoms with E-state index in [1.54, 1.807) is 27.7 Å². The SMILES string of the molecule is Cc1cc(C(O)CN(CCO)C(=O)OC(C)(C)C)ccc1[N+](=O)[O-]. The van der Waals surface area contributed by atoms with Crippen molar-refractivity contribution in [2.24, 2.45) is 0 Å². The number of aliphatic hydroxyl groups is 2. The average Bonchev–Trinajstić information content (AvgIpc) is 2.44. The van der Waals surface area contributed by atoms with Gasteiger partial charge < -0.3 is 19.8 Å². The van der Waals surface area contributed by atoms with Crippen LogP contribution in [0.4, 0.5) is 10.5 Å². The molecular formula is C16H24N2O6. The molecule has 2 N–H and O–H groups in total. The summed E-state index contributed by atoms with van der Waals surface area (Å²) in [7, 11) is 0. The molecule has 0 aromatic heterocycles. The number of benzene rings is 1. The highest BCUT2D eigenvalue weighted by Crippen LogP contribution is 2.23. The zero-order valence-electron chi connectivity index (χ0n) is 14.4. The minimum Gasteiger partial charge on any atom is -0.444 e. The summed E-state index contributed by atoms with van der Waals surface area (Å²) < 4.78 is 5.24. The summed E-state index contributed by atoms with van der Waals surface area (Å²) in [5.41, 5.74) is 0.136. The molecule has 0 bridgehead atoms.